The maximum absolute atomic E-state index is 14.4. The third-order valence-corrected chi connectivity index (χ3v) is 19.3. The molecule has 2 fully saturated rings. The van der Waals surface area contributed by atoms with Crippen LogP contribution in [0.25, 0.3) is 22.2 Å². The summed E-state index contributed by atoms with van der Waals surface area (Å²) in [5.41, 5.74) is 12.2. The fourth-order valence-electron chi connectivity index (χ4n) is 15.0. The maximum Gasteiger partial charge on any atom is 0.312 e. The van der Waals surface area contributed by atoms with Crippen molar-refractivity contribution in [2.75, 3.05) is 14.2 Å². The molecule has 4 unspecified atom stereocenters. The van der Waals surface area contributed by atoms with Crippen molar-refractivity contribution < 1.29 is 37.4 Å². The number of carbonyl (C=O) groups is 4. The number of benzene rings is 7. The zero-order valence-corrected chi connectivity index (χ0v) is 53.0. The molecule has 93 heavy (non-hydrogen) atoms. The predicted octanol–water partition coefficient (Wildman–Crippen LogP) is 16.6. The summed E-state index contributed by atoms with van der Waals surface area (Å²) < 4.78 is 39.9. The Bertz CT molecular complexity index is 4290. The molecule has 13 heteroatoms. The zero-order valence-electron chi connectivity index (χ0n) is 53.0. The summed E-state index contributed by atoms with van der Waals surface area (Å²) in [6, 6.07) is 63.7. The van der Waals surface area contributed by atoms with Crippen LogP contribution >= 0.6 is 0 Å². The number of fused-ring (bicyclic) bond motifs is 2. The number of aryl methyl sites for hydroxylation is 2. The number of carbonyl (C=O) groups excluding carboxylic acids is 4. The molecule has 2 saturated carbocycles. The van der Waals surface area contributed by atoms with Gasteiger partial charge in [0.05, 0.1) is 42.8 Å². The molecule has 4 atom stereocenters. The minimum atomic E-state index is -0.863. The molecular weight excluding hydrogens is 1160 g/mol. The van der Waals surface area contributed by atoms with Crippen LogP contribution in [0.2, 0.25) is 0 Å². The number of ether oxygens (including phenoxy) is 2. The van der Waals surface area contributed by atoms with Crippen molar-refractivity contribution in [3.63, 3.8) is 0 Å². The number of nitrogens with zero attached hydrogens (tertiary/aromatic N) is 5. The molecule has 3 aromatic heterocycles. The van der Waals surface area contributed by atoms with E-state index in [1.54, 1.807) is 36.7 Å². The van der Waals surface area contributed by atoms with Gasteiger partial charge in [-0.05, 0) is 183 Å². The molecule has 4 heterocycles. The van der Waals surface area contributed by atoms with Crippen molar-refractivity contribution in [3.8, 4) is 11.3 Å². The number of ketones is 2. The highest BCUT2D eigenvalue weighted by atomic mass is 19.1. The Morgan fingerprint density at radius 1 is 0.548 bits per heavy atom. The topological polar surface area (TPSA) is 143 Å². The highest BCUT2D eigenvalue weighted by Crippen LogP contribution is 2.48. The lowest BCUT2D eigenvalue weighted by molar-refractivity contribution is -0.156. The van der Waals surface area contributed by atoms with E-state index in [0.29, 0.717) is 69.0 Å². The van der Waals surface area contributed by atoms with E-state index in [1.807, 2.05) is 92.7 Å². The van der Waals surface area contributed by atoms with Gasteiger partial charge in [-0.25, -0.2) is 13.5 Å². The lowest BCUT2D eigenvalue weighted by Crippen LogP contribution is -2.40. The molecule has 0 spiro atoms. The van der Waals surface area contributed by atoms with Crippen LogP contribution in [-0.2, 0) is 44.0 Å². The molecule has 0 bridgehead atoms. The number of esters is 2. The molecule has 0 saturated heterocycles. The molecule has 0 amide bonds. The third-order valence-electron chi connectivity index (χ3n) is 19.3. The van der Waals surface area contributed by atoms with Gasteiger partial charge in [0.15, 0.2) is 11.6 Å². The van der Waals surface area contributed by atoms with Crippen LogP contribution in [0.3, 0.4) is 0 Å². The van der Waals surface area contributed by atoms with Gasteiger partial charge >= 0.3 is 11.9 Å². The number of aliphatic imine (C=N–C) groups is 1. The van der Waals surface area contributed by atoms with Crippen molar-refractivity contribution in [2.24, 2.45) is 27.7 Å². The number of hydrogen-bond donors (Lipinski definition) is 0. The molecule has 0 radical (unpaired) electrons. The summed E-state index contributed by atoms with van der Waals surface area (Å²) in [4.78, 5) is 67.7. The first-order chi connectivity index (χ1) is 45.2. The number of Topliss-reactive ketones (excluding diaryl/α,β-unsaturated/α-hetero) is 2. The van der Waals surface area contributed by atoms with E-state index in [2.05, 4.69) is 87.4 Å². The Morgan fingerprint density at radius 2 is 1.01 bits per heavy atom. The quantitative estimate of drug-likeness (QED) is 0.0466. The van der Waals surface area contributed by atoms with Crippen LogP contribution in [0.5, 0.6) is 0 Å². The van der Waals surface area contributed by atoms with Crippen LogP contribution in [-0.4, -0.2) is 63.2 Å². The molecule has 13 rings (SSSR count). The molecule has 7 aromatic carbocycles. The van der Waals surface area contributed by atoms with Crippen molar-refractivity contribution in [3.05, 3.63) is 291 Å². The van der Waals surface area contributed by atoms with Crippen LogP contribution < -0.4 is 0 Å². The van der Waals surface area contributed by atoms with Gasteiger partial charge in [-0.15, -0.1) is 0 Å². The monoisotopic (exact) mass is 1240 g/mol. The van der Waals surface area contributed by atoms with E-state index in [0.717, 1.165) is 109 Å². The molecule has 470 valence electrons. The summed E-state index contributed by atoms with van der Waals surface area (Å²) in [5, 5.41) is 6.37. The van der Waals surface area contributed by atoms with Crippen LogP contribution in [0.15, 0.2) is 218 Å². The van der Waals surface area contributed by atoms with Crippen LogP contribution in [0, 0.1) is 48.1 Å². The van der Waals surface area contributed by atoms with Crippen molar-refractivity contribution >= 4 is 40.1 Å². The molecule has 11 nitrogen and oxygen atoms in total. The van der Waals surface area contributed by atoms with Gasteiger partial charge < -0.3 is 9.47 Å². The number of aromatic nitrogens is 4. The van der Waals surface area contributed by atoms with Gasteiger partial charge in [0.1, 0.15) is 22.9 Å². The van der Waals surface area contributed by atoms with Gasteiger partial charge in [0.2, 0.25) is 0 Å². The lowest BCUT2D eigenvalue weighted by atomic mass is 9.65. The highest BCUT2D eigenvalue weighted by molar-refractivity contribution is 6.16. The normalized spacial score (nSPS) is 18.5. The van der Waals surface area contributed by atoms with Gasteiger partial charge in [0.25, 0.3) is 0 Å². The maximum atomic E-state index is 14.4. The van der Waals surface area contributed by atoms with Crippen LogP contribution in [0.4, 0.5) is 8.78 Å². The predicted molar refractivity (Wildman–Crippen MR) is 358 cm³/mol. The second-order valence-electron chi connectivity index (χ2n) is 25.5. The summed E-state index contributed by atoms with van der Waals surface area (Å²) in [5.74, 6) is -0.989. The van der Waals surface area contributed by atoms with Gasteiger partial charge in [0, 0.05) is 69.8 Å². The van der Waals surface area contributed by atoms with Gasteiger partial charge in [-0.1, -0.05) is 140 Å². The average molecular weight is 1240 g/mol. The first-order valence-electron chi connectivity index (χ1n) is 32.1. The summed E-state index contributed by atoms with van der Waals surface area (Å²) in [6.07, 6.45) is 11.0. The van der Waals surface area contributed by atoms with E-state index in [4.69, 9.17) is 19.6 Å². The Hall–Kier alpha value is -9.88. The van der Waals surface area contributed by atoms with E-state index in [9.17, 15) is 28.0 Å². The summed E-state index contributed by atoms with van der Waals surface area (Å²) in [7, 11) is 2.83. The summed E-state index contributed by atoms with van der Waals surface area (Å²) >= 11 is 0. The van der Waals surface area contributed by atoms with Crippen molar-refractivity contribution in [1.29, 1.82) is 0 Å². The first kappa shape index (κ1) is 63.3. The second kappa shape index (κ2) is 27.5. The number of rotatable bonds is 18. The molecule has 3 aliphatic rings. The molecular formula is C80H75F2N5O6. The molecule has 10 aromatic rings. The highest BCUT2D eigenvalue weighted by Gasteiger charge is 2.46. The number of pyridine rings is 2. The minimum absolute atomic E-state index is 0.0153. The van der Waals surface area contributed by atoms with E-state index in [1.165, 1.54) is 38.5 Å². The largest absolute Gasteiger partial charge is 0.469 e. The van der Waals surface area contributed by atoms with E-state index in [-0.39, 0.29) is 47.0 Å². The molecule has 0 N–H and O–H groups in total. The lowest BCUT2D eigenvalue weighted by Gasteiger charge is -2.38. The average Bonchev–Trinajstić information content (AvgIpc) is 1.63. The molecule has 2 aliphatic carbocycles. The SMILES string of the molecule is COC(=O)C1(Cc2ccc(F)cc2)CCCC(CC(=O)c2ccc3c(c2)C(c2ccnc(C)c2)=NC3)C1.COC(=O)C1(Cc2ccc(F)cc2)CCCC(CC(=O)c2ccc3c(c2)c(-c2ccnc(C)c2)nn3C(c2ccccc2)(c2ccccc2)c2ccccc2)C1. The Balaban J connectivity index is 0.000000195. The van der Waals surface area contributed by atoms with Gasteiger partial charge in [-0.3, -0.25) is 34.1 Å². The number of hydrogen-bond acceptors (Lipinski definition) is 10. The van der Waals surface area contributed by atoms with Gasteiger partial charge in [-0.2, -0.15) is 5.10 Å². The Kier molecular flexibility index (Phi) is 18.7. The zero-order chi connectivity index (χ0) is 64.7. The van der Waals surface area contributed by atoms with Crippen molar-refractivity contribution in [1.82, 2.24) is 19.7 Å². The summed E-state index contributed by atoms with van der Waals surface area (Å²) in [6.45, 7) is 4.52. The Morgan fingerprint density at radius 3 is 1.49 bits per heavy atom. The Labute approximate surface area is 542 Å². The number of methoxy groups -OCH3 is 2. The first-order valence-corrected chi connectivity index (χ1v) is 32.1. The second-order valence-corrected chi connectivity index (χ2v) is 25.5. The van der Waals surface area contributed by atoms with E-state index < -0.39 is 16.4 Å². The number of halogens is 2. The fraction of sp³-hybridized carbons (Fsp3) is 0.275. The van der Waals surface area contributed by atoms with Crippen LogP contribution in [0.1, 0.15) is 141 Å². The molecule has 1 aliphatic heterocycles. The third kappa shape index (κ3) is 13.3. The fourth-order valence-corrected chi connectivity index (χ4v) is 15.0. The minimum Gasteiger partial charge on any atom is -0.469 e. The smallest absolute Gasteiger partial charge is 0.312 e. The standard InChI is InChI=1S/C49H44FN3O3.C31H31FN2O3/c1-34-29-38(26-28-51-34)46-43-31-37(45(54)30-36-13-12-27-48(33-36,47(55)56-2)32-35-20-23-42(50)24-21-35)22-25-44(43)53(52-46)49(39-14-6-3-7-15-39,40-16-8-4-9-17-40)41-18-10-5-11-19-41;1-20-14-24(11-13-33-20)29-27-16-23(7-8-25(27)19-34-29)28(35)15-22-4-3-12-31(18-22,30(36)37-2)17-21-5-9-26(32)10-6-21/h3-11,14-26,28-29,31,36H,12-13,27,30,32-33H2,1-2H3;5-11,13-14,16,22H,3-4,12,15,17-19H2,1-2H3. The van der Waals surface area contributed by atoms with Crippen molar-refractivity contribution in [2.45, 2.75) is 103 Å². The van der Waals surface area contributed by atoms with E-state index >= 15 is 0 Å².